The van der Waals surface area contributed by atoms with Crippen LogP contribution in [0.25, 0.3) is 0 Å². The summed E-state index contributed by atoms with van der Waals surface area (Å²) in [5.41, 5.74) is 3.54. The maximum absolute atomic E-state index is 12.7. The van der Waals surface area contributed by atoms with E-state index in [1.807, 2.05) is 24.3 Å². The fraction of sp³-hybridized carbons (Fsp3) is 0.182. The van der Waals surface area contributed by atoms with Crippen LogP contribution in [0.2, 0.25) is 0 Å². The zero-order valence-electron chi connectivity index (χ0n) is 16.6. The lowest BCUT2D eigenvalue weighted by Gasteiger charge is -2.10. The van der Waals surface area contributed by atoms with E-state index in [-0.39, 0.29) is 17.5 Å². The zero-order valence-corrected chi connectivity index (χ0v) is 16.6. The largest absolute Gasteiger partial charge is 0.340 e. The molecule has 0 bridgehead atoms. The van der Waals surface area contributed by atoms with Gasteiger partial charge in [0.05, 0.1) is 0 Å². The summed E-state index contributed by atoms with van der Waals surface area (Å²) in [4.78, 5) is 32.5. The summed E-state index contributed by atoms with van der Waals surface area (Å²) in [7, 11) is 0. The summed E-state index contributed by atoms with van der Waals surface area (Å²) in [5.74, 6) is 0.485. The highest BCUT2D eigenvalue weighted by molar-refractivity contribution is 6.03. The number of anilines is 4. The number of hydrogen-bond donors (Lipinski definition) is 3. The number of nitrogens with zero attached hydrogens (tertiary/aromatic N) is 2. The smallest absolute Gasteiger partial charge is 0.274 e. The molecule has 2 amide bonds. The molecule has 0 aliphatic heterocycles. The molecule has 29 heavy (non-hydrogen) atoms. The predicted molar refractivity (Wildman–Crippen MR) is 115 cm³/mol. The number of amides is 2. The first kappa shape index (κ1) is 20.0. The number of aromatic nitrogens is 2. The molecular weight excluding hydrogens is 366 g/mol. The summed E-state index contributed by atoms with van der Waals surface area (Å²) >= 11 is 0. The maximum atomic E-state index is 12.7. The Balaban J connectivity index is 1.76. The molecule has 0 radical (unpaired) electrons. The summed E-state index contributed by atoms with van der Waals surface area (Å²) < 4.78 is 0. The summed E-state index contributed by atoms with van der Waals surface area (Å²) in [6.45, 7) is 5.27. The number of carbonyl (C=O) groups is 2. The topological polar surface area (TPSA) is 96.0 Å². The Kier molecular flexibility index (Phi) is 6.19. The first-order valence-electron chi connectivity index (χ1n) is 9.33. The van der Waals surface area contributed by atoms with Gasteiger partial charge in [-0.2, -0.15) is 0 Å². The summed E-state index contributed by atoms with van der Waals surface area (Å²) in [6, 6.07) is 16.6. The van der Waals surface area contributed by atoms with Gasteiger partial charge in [-0.15, -0.1) is 0 Å². The van der Waals surface area contributed by atoms with Crippen LogP contribution in [0.5, 0.6) is 0 Å². The lowest BCUT2D eigenvalue weighted by Crippen LogP contribution is -2.15. The Morgan fingerprint density at radius 3 is 2.24 bits per heavy atom. The van der Waals surface area contributed by atoms with Gasteiger partial charge in [0, 0.05) is 30.1 Å². The van der Waals surface area contributed by atoms with Crippen molar-refractivity contribution in [2.75, 3.05) is 16.0 Å². The third kappa shape index (κ3) is 5.62. The molecule has 0 fully saturated rings. The molecule has 0 aliphatic carbocycles. The molecule has 0 aliphatic rings. The van der Waals surface area contributed by atoms with Crippen molar-refractivity contribution in [3.8, 4) is 0 Å². The molecule has 148 valence electrons. The van der Waals surface area contributed by atoms with Gasteiger partial charge in [-0.3, -0.25) is 9.59 Å². The third-order valence-corrected chi connectivity index (χ3v) is 4.15. The Hall–Kier alpha value is -3.74. The fourth-order valence-electron chi connectivity index (χ4n) is 2.79. The monoisotopic (exact) mass is 389 g/mol. The fourth-order valence-corrected chi connectivity index (χ4v) is 2.79. The maximum Gasteiger partial charge on any atom is 0.274 e. The van der Waals surface area contributed by atoms with Gasteiger partial charge in [-0.05, 0) is 49.2 Å². The number of aryl methyl sites for hydroxylation is 2. The SMILES string of the molecule is CCc1ccc(Nc2cc(C(=O)Nc3cccc(NC(C)=O)c3)nc(C)n2)cc1. The highest BCUT2D eigenvalue weighted by Gasteiger charge is 2.12. The normalized spacial score (nSPS) is 10.3. The highest BCUT2D eigenvalue weighted by Crippen LogP contribution is 2.19. The minimum absolute atomic E-state index is 0.178. The van der Waals surface area contributed by atoms with Gasteiger partial charge in [0.15, 0.2) is 0 Å². The van der Waals surface area contributed by atoms with Crippen LogP contribution in [-0.2, 0) is 11.2 Å². The highest BCUT2D eigenvalue weighted by atomic mass is 16.2. The molecule has 2 aromatic carbocycles. The van der Waals surface area contributed by atoms with Crippen molar-refractivity contribution >= 4 is 34.7 Å². The first-order valence-corrected chi connectivity index (χ1v) is 9.33. The van der Waals surface area contributed by atoms with Crippen molar-refractivity contribution in [3.05, 3.63) is 71.7 Å². The molecule has 0 saturated carbocycles. The standard InChI is InChI=1S/C22H23N5O2/c1-4-16-8-10-17(11-9-16)26-21-13-20(23-14(2)24-21)22(29)27-19-7-5-6-18(12-19)25-15(3)28/h5-13H,4H2,1-3H3,(H,25,28)(H,27,29)(H,23,24,26). The minimum Gasteiger partial charge on any atom is -0.340 e. The molecule has 0 unspecified atom stereocenters. The van der Waals surface area contributed by atoms with E-state index in [0.29, 0.717) is 23.0 Å². The quantitative estimate of drug-likeness (QED) is 0.584. The Labute approximate surface area is 169 Å². The second-order valence-corrected chi connectivity index (χ2v) is 6.58. The first-order chi connectivity index (χ1) is 13.9. The molecule has 3 rings (SSSR count). The van der Waals surface area contributed by atoms with Gasteiger partial charge in [0.1, 0.15) is 17.3 Å². The number of hydrogen-bond acceptors (Lipinski definition) is 5. The number of rotatable bonds is 6. The van der Waals surface area contributed by atoms with Crippen LogP contribution in [0.4, 0.5) is 22.9 Å². The van der Waals surface area contributed by atoms with Crippen molar-refractivity contribution in [2.24, 2.45) is 0 Å². The van der Waals surface area contributed by atoms with Gasteiger partial charge >= 0.3 is 0 Å². The summed E-state index contributed by atoms with van der Waals surface area (Å²) in [5, 5.41) is 8.69. The van der Waals surface area contributed by atoms with Crippen molar-refractivity contribution < 1.29 is 9.59 Å². The number of benzene rings is 2. The van der Waals surface area contributed by atoms with Gasteiger partial charge in [0.25, 0.3) is 5.91 Å². The molecule has 1 aromatic heterocycles. The van der Waals surface area contributed by atoms with Gasteiger partial charge in [0.2, 0.25) is 5.91 Å². The van der Waals surface area contributed by atoms with Crippen molar-refractivity contribution in [1.29, 1.82) is 0 Å². The average molecular weight is 389 g/mol. The second kappa shape index (κ2) is 8.97. The number of nitrogens with one attached hydrogen (secondary N) is 3. The van der Waals surface area contributed by atoms with Gasteiger partial charge in [-0.25, -0.2) is 9.97 Å². The van der Waals surface area contributed by atoms with E-state index in [9.17, 15) is 9.59 Å². The molecule has 7 heteroatoms. The molecule has 0 atom stereocenters. The second-order valence-electron chi connectivity index (χ2n) is 6.58. The molecule has 0 saturated heterocycles. The molecule has 3 aromatic rings. The van der Waals surface area contributed by atoms with E-state index in [1.54, 1.807) is 37.3 Å². The van der Waals surface area contributed by atoms with Crippen molar-refractivity contribution in [3.63, 3.8) is 0 Å². The molecule has 3 N–H and O–H groups in total. The van der Waals surface area contributed by atoms with Crippen LogP contribution in [-0.4, -0.2) is 21.8 Å². The Morgan fingerprint density at radius 2 is 1.59 bits per heavy atom. The predicted octanol–water partition coefficient (Wildman–Crippen LogP) is 4.30. The van der Waals surface area contributed by atoms with Crippen LogP contribution in [0.1, 0.15) is 35.7 Å². The zero-order chi connectivity index (χ0) is 20.8. The minimum atomic E-state index is -0.361. The molecule has 1 heterocycles. The molecule has 7 nitrogen and oxygen atoms in total. The van der Waals surface area contributed by atoms with E-state index in [2.05, 4.69) is 32.8 Å². The summed E-state index contributed by atoms with van der Waals surface area (Å²) in [6.07, 6.45) is 0.973. The van der Waals surface area contributed by atoms with Gasteiger partial charge < -0.3 is 16.0 Å². The Morgan fingerprint density at radius 1 is 0.897 bits per heavy atom. The van der Waals surface area contributed by atoms with E-state index in [1.165, 1.54) is 12.5 Å². The van der Waals surface area contributed by atoms with Crippen LogP contribution < -0.4 is 16.0 Å². The average Bonchev–Trinajstić information content (AvgIpc) is 2.68. The van der Waals surface area contributed by atoms with E-state index in [4.69, 9.17) is 0 Å². The van der Waals surface area contributed by atoms with Crippen LogP contribution in [0.3, 0.4) is 0 Å². The van der Waals surface area contributed by atoms with E-state index in [0.717, 1.165) is 12.1 Å². The van der Waals surface area contributed by atoms with Crippen LogP contribution in [0.15, 0.2) is 54.6 Å². The third-order valence-electron chi connectivity index (χ3n) is 4.15. The molecular formula is C22H23N5O2. The van der Waals surface area contributed by atoms with E-state index < -0.39 is 0 Å². The van der Waals surface area contributed by atoms with Crippen molar-refractivity contribution in [2.45, 2.75) is 27.2 Å². The lowest BCUT2D eigenvalue weighted by molar-refractivity contribution is -0.114. The molecule has 0 spiro atoms. The van der Waals surface area contributed by atoms with E-state index >= 15 is 0 Å². The number of carbonyl (C=O) groups excluding carboxylic acids is 2. The van der Waals surface area contributed by atoms with Crippen LogP contribution in [0, 0.1) is 6.92 Å². The van der Waals surface area contributed by atoms with Crippen LogP contribution >= 0.6 is 0 Å². The van der Waals surface area contributed by atoms with Gasteiger partial charge in [-0.1, -0.05) is 25.1 Å². The lowest BCUT2D eigenvalue weighted by atomic mass is 10.1. The Bertz CT molecular complexity index is 1030. The van der Waals surface area contributed by atoms with Crippen molar-refractivity contribution in [1.82, 2.24) is 9.97 Å².